The Labute approximate surface area is 57.6 Å². The Morgan fingerprint density at radius 2 is 2.00 bits per heavy atom. The molecule has 9 heavy (non-hydrogen) atoms. The van der Waals surface area contributed by atoms with Crippen molar-refractivity contribution < 1.29 is 0 Å². The molecule has 0 aromatic rings. The van der Waals surface area contributed by atoms with Crippen LogP contribution in [0.5, 0.6) is 0 Å². The smallest absolute Gasteiger partial charge is 0.0295 e. The van der Waals surface area contributed by atoms with Crippen molar-refractivity contribution in [2.24, 2.45) is 11.3 Å². The Hall–Kier alpha value is 0. The van der Waals surface area contributed by atoms with E-state index in [9.17, 15) is 0 Å². The molecule has 0 atom stereocenters. The second-order valence-corrected chi connectivity index (χ2v) is 3.90. The number of fused-ring (bicyclic) bond motifs is 2. The molecule has 0 aromatic heterocycles. The van der Waals surface area contributed by atoms with E-state index in [1.807, 2.05) is 0 Å². The molecule has 2 saturated carbocycles. The van der Waals surface area contributed by atoms with Crippen molar-refractivity contribution in [3.63, 3.8) is 0 Å². The van der Waals surface area contributed by atoms with E-state index in [1.165, 1.54) is 38.5 Å². The summed E-state index contributed by atoms with van der Waals surface area (Å²) >= 11 is 0. The fraction of sp³-hybridized carbons (Fsp3) is 0.889. The Kier molecular flexibility index (Phi) is 1.12. The van der Waals surface area contributed by atoms with E-state index in [-0.39, 0.29) is 0 Å². The van der Waals surface area contributed by atoms with Crippen LogP contribution in [0.1, 0.15) is 38.5 Å². The van der Waals surface area contributed by atoms with E-state index in [0.29, 0.717) is 0 Å². The average Bonchev–Trinajstić information content (AvgIpc) is 2.46. The third-order valence-electron chi connectivity index (χ3n) is 3.42. The van der Waals surface area contributed by atoms with Crippen LogP contribution in [0.4, 0.5) is 0 Å². The monoisotopic (exact) mass is 123 g/mol. The van der Waals surface area contributed by atoms with Crippen LogP contribution in [0.15, 0.2) is 0 Å². The minimum atomic E-state index is 0.741. The van der Waals surface area contributed by atoms with Crippen molar-refractivity contribution >= 4 is 0 Å². The van der Waals surface area contributed by atoms with Crippen LogP contribution in [-0.2, 0) is 0 Å². The summed E-state index contributed by atoms with van der Waals surface area (Å²) in [4.78, 5) is 0. The van der Waals surface area contributed by atoms with Gasteiger partial charge in [-0.3, -0.25) is 0 Å². The van der Waals surface area contributed by atoms with Crippen LogP contribution in [0, 0.1) is 18.3 Å². The number of hydrogen-bond donors (Lipinski definition) is 0. The zero-order chi connectivity index (χ0) is 6.32. The fourth-order valence-corrected chi connectivity index (χ4v) is 2.66. The predicted octanol–water partition coefficient (Wildman–Crippen LogP) is 2.79. The van der Waals surface area contributed by atoms with Gasteiger partial charge in [0, 0.05) is 0 Å². The highest BCUT2D eigenvalue weighted by molar-refractivity contribution is 4.95. The number of rotatable bonds is 1. The molecule has 1 radical (unpaired) electrons. The van der Waals surface area contributed by atoms with Crippen molar-refractivity contribution in [1.82, 2.24) is 0 Å². The standard InChI is InChI=1S/C9H15/c1-2-9-5-3-8(7-9)4-6-9/h8H,1-7H2. The fourth-order valence-electron chi connectivity index (χ4n) is 2.66. The maximum absolute atomic E-state index is 4.04. The van der Waals surface area contributed by atoms with Crippen LogP contribution < -0.4 is 0 Å². The highest BCUT2D eigenvalue weighted by Crippen LogP contribution is 2.55. The molecule has 0 unspecified atom stereocenters. The van der Waals surface area contributed by atoms with Crippen LogP contribution in [0.25, 0.3) is 0 Å². The minimum Gasteiger partial charge on any atom is -0.0528 e. The summed E-state index contributed by atoms with van der Waals surface area (Å²) in [5, 5.41) is 0. The molecule has 2 aliphatic carbocycles. The molecule has 2 aliphatic rings. The van der Waals surface area contributed by atoms with Crippen molar-refractivity contribution in [3.8, 4) is 0 Å². The van der Waals surface area contributed by atoms with E-state index < -0.39 is 0 Å². The molecule has 2 bridgehead atoms. The van der Waals surface area contributed by atoms with Gasteiger partial charge in [-0.25, -0.2) is 0 Å². The second kappa shape index (κ2) is 1.74. The largest absolute Gasteiger partial charge is 0.0528 e. The first-order chi connectivity index (χ1) is 4.35. The third-order valence-corrected chi connectivity index (χ3v) is 3.42. The first-order valence-electron chi connectivity index (χ1n) is 4.14. The van der Waals surface area contributed by atoms with Gasteiger partial charge in [0.25, 0.3) is 0 Å². The van der Waals surface area contributed by atoms with Crippen molar-refractivity contribution in [2.45, 2.75) is 38.5 Å². The van der Waals surface area contributed by atoms with Gasteiger partial charge in [-0.15, -0.1) is 0 Å². The zero-order valence-corrected chi connectivity index (χ0v) is 6.03. The summed E-state index contributed by atoms with van der Waals surface area (Å²) in [6.07, 6.45) is 8.70. The van der Waals surface area contributed by atoms with Gasteiger partial charge in [-0.1, -0.05) is 6.92 Å². The van der Waals surface area contributed by atoms with Crippen LogP contribution in [0.2, 0.25) is 0 Å². The first-order valence-corrected chi connectivity index (χ1v) is 4.14. The summed E-state index contributed by atoms with van der Waals surface area (Å²) in [7, 11) is 0. The molecule has 0 heteroatoms. The zero-order valence-electron chi connectivity index (χ0n) is 6.03. The molecule has 0 nitrogen and oxygen atoms in total. The molecule has 0 amide bonds. The molecule has 0 saturated heterocycles. The lowest BCUT2D eigenvalue weighted by molar-refractivity contribution is 0.298. The van der Waals surface area contributed by atoms with Crippen molar-refractivity contribution in [3.05, 3.63) is 6.92 Å². The van der Waals surface area contributed by atoms with Gasteiger partial charge in [0.15, 0.2) is 0 Å². The highest BCUT2D eigenvalue weighted by Gasteiger charge is 2.42. The van der Waals surface area contributed by atoms with Gasteiger partial charge in [0.2, 0.25) is 0 Å². The van der Waals surface area contributed by atoms with Crippen LogP contribution in [0.3, 0.4) is 0 Å². The van der Waals surface area contributed by atoms with Gasteiger partial charge in [-0.2, -0.15) is 0 Å². The Morgan fingerprint density at radius 1 is 1.33 bits per heavy atom. The maximum Gasteiger partial charge on any atom is -0.0295 e. The SMILES string of the molecule is [CH2]CC12CCC(CC1)C2. The molecular weight excluding hydrogens is 108 g/mol. The molecule has 2 rings (SSSR count). The van der Waals surface area contributed by atoms with Gasteiger partial charge in [0.05, 0.1) is 0 Å². The summed E-state index contributed by atoms with van der Waals surface area (Å²) in [6.45, 7) is 4.04. The van der Waals surface area contributed by atoms with Gasteiger partial charge < -0.3 is 0 Å². The molecule has 0 aliphatic heterocycles. The van der Waals surface area contributed by atoms with Crippen molar-refractivity contribution in [1.29, 1.82) is 0 Å². The lowest BCUT2D eigenvalue weighted by Crippen LogP contribution is -2.11. The van der Waals surface area contributed by atoms with Gasteiger partial charge in [0.1, 0.15) is 0 Å². The normalized spacial score (nSPS) is 48.3. The number of hydrogen-bond acceptors (Lipinski definition) is 0. The molecule has 0 aromatic carbocycles. The lowest BCUT2D eigenvalue weighted by atomic mass is 9.82. The third kappa shape index (κ3) is 0.720. The summed E-state index contributed by atoms with van der Waals surface area (Å²) in [5.74, 6) is 1.10. The topological polar surface area (TPSA) is 0 Å². The van der Waals surface area contributed by atoms with E-state index in [2.05, 4.69) is 6.92 Å². The maximum atomic E-state index is 4.04. The molecular formula is C9H15. The first kappa shape index (κ1) is 5.76. The van der Waals surface area contributed by atoms with E-state index >= 15 is 0 Å². The average molecular weight is 123 g/mol. The van der Waals surface area contributed by atoms with Gasteiger partial charge >= 0.3 is 0 Å². The second-order valence-electron chi connectivity index (χ2n) is 3.90. The molecule has 0 N–H and O–H groups in total. The molecule has 0 heterocycles. The lowest BCUT2D eigenvalue weighted by Gasteiger charge is -2.23. The quantitative estimate of drug-likeness (QED) is 0.503. The molecule has 51 valence electrons. The van der Waals surface area contributed by atoms with Crippen LogP contribution in [-0.4, -0.2) is 0 Å². The van der Waals surface area contributed by atoms with E-state index in [4.69, 9.17) is 0 Å². The van der Waals surface area contributed by atoms with Gasteiger partial charge in [-0.05, 0) is 49.9 Å². The predicted molar refractivity (Wildman–Crippen MR) is 39.0 cm³/mol. The van der Waals surface area contributed by atoms with Crippen molar-refractivity contribution in [2.75, 3.05) is 0 Å². The van der Waals surface area contributed by atoms with Crippen LogP contribution >= 0.6 is 0 Å². The summed E-state index contributed by atoms with van der Waals surface area (Å²) < 4.78 is 0. The summed E-state index contributed by atoms with van der Waals surface area (Å²) in [6, 6.07) is 0. The molecule has 2 fully saturated rings. The Bertz CT molecular complexity index is 107. The van der Waals surface area contributed by atoms with E-state index in [0.717, 1.165) is 11.3 Å². The minimum absolute atomic E-state index is 0.741. The Morgan fingerprint density at radius 3 is 2.22 bits per heavy atom. The Balaban J connectivity index is 2.13. The molecule has 0 spiro atoms. The highest BCUT2D eigenvalue weighted by atomic mass is 14.5. The summed E-state index contributed by atoms with van der Waals surface area (Å²) in [5.41, 5.74) is 0.741. The van der Waals surface area contributed by atoms with E-state index in [1.54, 1.807) is 0 Å².